The Bertz CT molecular complexity index is 883. The number of phenols is 1. The zero-order valence-electron chi connectivity index (χ0n) is 21.9. The number of fused-ring (bicyclic) bond motifs is 3. The van der Waals surface area contributed by atoms with Crippen LogP contribution >= 0.6 is 0 Å². The smallest absolute Gasteiger partial charge is 0.410 e. The van der Waals surface area contributed by atoms with E-state index in [0.717, 1.165) is 43.4 Å². The van der Waals surface area contributed by atoms with Gasteiger partial charge in [-0.2, -0.15) is 0 Å². The van der Waals surface area contributed by atoms with Crippen molar-refractivity contribution >= 4 is 6.09 Å². The Balaban J connectivity index is 1.52. The molecule has 2 fully saturated rings. The van der Waals surface area contributed by atoms with Crippen LogP contribution in [0, 0.1) is 17.3 Å². The molecule has 0 bridgehead atoms. The molecule has 1 aromatic rings. The summed E-state index contributed by atoms with van der Waals surface area (Å²) >= 11 is 0. The van der Waals surface area contributed by atoms with Crippen molar-refractivity contribution in [2.75, 3.05) is 19.7 Å². The quantitative estimate of drug-likeness (QED) is 0.543. The zero-order chi connectivity index (χ0) is 24.7. The van der Waals surface area contributed by atoms with Crippen LogP contribution in [0.1, 0.15) is 91.7 Å². The summed E-state index contributed by atoms with van der Waals surface area (Å²) in [6.07, 6.45) is 5.80. The van der Waals surface area contributed by atoms with Gasteiger partial charge in [-0.3, -0.25) is 0 Å². The van der Waals surface area contributed by atoms with Crippen LogP contribution in [0.4, 0.5) is 4.79 Å². The maximum atomic E-state index is 12.6. The highest BCUT2D eigenvalue weighted by atomic mass is 16.6. The molecule has 3 atom stereocenters. The van der Waals surface area contributed by atoms with Gasteiger partial charge < -0.3 is 24.2 Å². The number of likely N-dealkylation sites (tertiary alicyclic amines) is 1. The third-order valence-corrected chi connectivity index (χ3v) is 7.95. The highest BCUT2D eigenvalue weighted by Gasteiger charge is 2.54. The highest BCUT2D eigenvalue weighted by molar-refractivity contribution is 5.68. The molecule has 6 nitrogen and oxygen atoms in total. The number of rotatable bonds is 4. The van der Waals surface area contributed by atoms with Crippen LogP contribution in [-0.2, 0) is 9.47 Å². The molecule has 34 heavy (non-hydrogen) atoms. The van der Waals surface area contributed by atoms with E-state index in [-0.39, 0.29) is 34.9 Å². The molecule has 4 rings (SSSR count). The molecule has 0 saturated carbocycles. The number of ether oxygens (including phenoxy) is 3. The summed E-state index contributed by atoms with van der Waals surface area (Å²) in [5, 5.41) is 10.2. The van der Waals surface area contributed by atoms with Gasteiger partial charge in [0.1, 0.15) is 22.7 Å². The lowest BCUT2D eigenvalue weighted by molar-refractivity contribution is -0.180. The SMILES string of the molecule is CC(C)CCC[C@]1(C)Oc2ccc(O)cc2[C@H]2OCC3(CCN(C(=O)OC(C)(C)C)CC3)C[C@@H]21. The van der Waals surface area contributed by atoms with Crippen LogP contribution in [0.3, 0.4) is 0 Å². The summed E-state index contributed by atoms with van der Waals surface area (Å²) in [7, 11) is 0. The topological polar surface area (TPSA) is 68.2 Å². The molecule has 3 heterocycles. The van der Waals surface area contributed by atoms with Gasteiger partial charge in [-0.25, -0.2) is 4.79 Å². The summed E-state index contributed by atoms with van der Waals surface area (Å²) in [5.74, 6) is 1.95. The van der Waals surface area contributed by atoms with Gasteiger partial charge in [-0.1, -0.05) is 20.3 Å². The fourth-order valence-corrected chi connectivity index (χ4v) is 5.97. The summed E-state index contributed by atoms with van der Waals surface area (Å²) < 4.78 is 18.9. The lowest BCUT2D eigenvalue weighted by Gasteiger charge is -2.55. The molecule has 3 aliphatic rings. The van der Waals surface area contributed by atoms with Gasteiger partial charge in [-0.15, -0.1) is 0 Å². The number of nitrogens with zero attached hydrogens (tertiary/aromatic N) is 1. The minimum Gasteiger partial charge on any atom is -0.508 e. The van der Waals surface area contributed by atoms with Gasteiger partial charge in [0.2, 0.25) is 0 Å². The fourth-order valence-electron chi connectivity index (χ4n) is 5.97. The molecular weight excluding hydrogens is 430 g/mol. The molecule has 0 aliphatic carbocycles. The molecule has 1 aromatic carbocycles. The second kappa shape index (κ2) is 9.25. The number of phenolic OH excluding ortho intramolecular Hbond substituents is 1. The lowest BCUT2D eigenvalue weighted by atomic mass is 9.63. The highest BCUT2D eigenvalue weighted by Crippen LogP contribution is 2.57. The Morgan fingerprint density at radius 3 is 2.62 bits per heavy atom. The summed E-state index contributed by atoms with van der Waals surface area (Å²) in [6.45, 7) is 14.6. The molecule has 3 aliphatic heterocycles. The Morgan fingerprint density at radius 2 is 1.97 bits per heavy atom. The van der Waals surface area contributed by atoms with Gasteiger partial charge in [0.15, 0.2) is 0 Å². The van der Waals surface area contributed by atoms with E-state index in [1.165, 1.54) is 6.42 Å². The number of hydrogen-bond acceptors (Lipinski definition) is 5. The van der Waals surface area contributed by atoms with Gasteiger partial charge >= 0.3 is 6.09 Å². The molecular formula is C28H43NO5. The average Bonchev–Trinajstić information content (AvgIpc) is 2.74. The minimum atomic E-state index is -0.483. The van der Waals surface area contributed by atoms with Crippen LogP contribution in [-0.4, -0.2) is 47.0 Å². The molecule has 0 radical (unpaired) electrons. The van der Waals surface area contributed by atoms with E-state index in [4.69, 9.17) is 14.2 Å². The van der Waals surface area contributed by atoms with Crippen molar-refractivity contribution in [3.05, 3.63) is 23.8 Å². The van der Waals surface area contributed by atoms with E-state index >= 15 is 0 Å². The van der Waals surface area contributed by atoms with Crippen molar-refractivity contribution in [2.24, 2.45) is 17.3 Å². The van der Waals surface area contributed by atoms with Crippen molar-refractivity contribution < 1.29 is 24.1 Å². The fraction of sp³-hybridized carbons (Fsp3) is 0.750. The third kappa shape index (κ3) is 5.32. The molecule has 190 valence electrons. The first kappa shape index (κ1) is 25.2. The second-order valence-corrected chi connectivity index (χ2v) is 12.4. The Morgan fingerprint density at radius 1 is 1.26 bits per heavy atom. The van der Waals surface area contributed by atoms with Crippen LogP contribution < -0.4 is 4.74 Å². The number of hydrogen-bond donors (Lipinski definition) is 1. The van der Waals surface area contributed by atoms with Gasteiger partial charge in [-0.05, 0) is 89.3 Å². The standard InChI is InChI=1S/C28H43NO5/c1-19(2)8-7-11-27(6)22-17-28(12-14-29(15-13-28)25(31)34-26(3,4)5)18-32-24(22)21-16-20(30)9-10-23(21)33-27/h9-10,16,19,22,24,30H,7-8,11-15,17-18H2,1-6H3/t22-,24+,27-/m0/s1. The first-order valence-corrected chi connectivity index (χ1v) is 13.0. The molecule has 1 N–H and O–H groups in total. The van der Waals surface area contributed by atoms with Gasteiger partial charge in [0.05, 0.1) is 12.7 Å². The number of benzene rings is 1. The molecule has 6 heteroatoms. The van der Waals surface area contributed by atoms with E-state index in [2.05, 4.69) is 20.8 Å². The van der Waals surface area contributed by atoms with Crippen molar-refractivity contribution in [3.63, 3.8) is 0 Å². The summed E-state index contributed by atoms with van der Waals surface area (Å²) in [5.41, 5.74) is 0.201. The average molecular weight is 474 g/mol. The predicted octanol–water partition coefficient (Wildman–Crippen LogP) is 6.46. The molecule has 0 unspecified atom stereocenters. The Labute approximate surface area is 204 Å². The largest absolute Gasteiger partial charge is 0.508 e. The van der Waals surface area contributed by atoms with E-state index in [9.17, 15) is 9.90 Å². The number of amides is 1. The second-order valence-electron chi connectivity index (χ2n) is 12.4. The maximum Gasteiger partial charge on any atom is 0.410 e. The van der Waals surface area contributed by atoms with Crippen molar-refractivity contribution in [1.29, 1.82) is 0 Å². The number of carbonyl (C=O) groups is 1. The van der Waals surface area contributed by atoms with Crippen LogP contribution in [0.5, 0.6) is 11.5 Å². The Hall–Kier alpha value is -1.95. The first-order valence-electron chi connectivity index (χ1n) is 13.0. The summed E-state index contributed by atoms with van der Waals surface area (Å²) in [6, 6.07) is 5.39. The monoisotopic (exact) mass is 473 g/mol. The molecule has 1 amide bonds. The number of carbonyl (C=O) groups excluding carboxylic acids is 1. The van der Waals surface area contributed by atoms with E-state index in [1.54, 1.807) is 6.07 Å². The third-order valence-electron chi connectivity index (χ3n) is 7.95. The lowest BCUT2D eigenvalue weighted by Crippen LogP contribution is -2.56. The number of aromatic hydroxyl groups is 1. The van der Waals surface area contributed by atoms with Crippen LogP contribution in [0.15, 0.2) is 18.2 Å². The van der Waals surface area contributed by atoms with Gasteiger partial charge in [0.25, 0.3) is 0 Å². The Kier molecular flexibility index (Phi) is 6.84. The van der Waals surface area contributed by atoms with Crippen molar-refractivity contribution in [1.82, 2.24) is 4.90 Å². The molecule has 1 spiro atoms. The maximum absolute atomic E-state index is 12.6. The van der Waals surface area contributed by atoms with Crippen molar-refractivity contribution in [2.45, 2.75) is 97.4 Å². The minimum absolute atomic E-state index is 0.0384. The summed E-state index contributed by atoms with van der Waals surface area (Å²) in [4.78, 5) is 14.4. The van der Waals surface area contributed by atoms with Crippen LogP contribution in [0.25, 0.3) is 0 Å². The van der Waals surface area contributed by atoms with Gasteiger partial charge in [0, 0.05) is 24.6 Å². The van der Waals surface area contributed by atoms with E-state index in [1.807, 2.05) is 37.8 Å². The van der Waals surface area contributed by atoms with Crippen molar-refractivity contribution in [3.8, 4) is 11.5 Å². The molecule has 2 saturated heterocycles. The van der Waals surface area contributed by atoms with Crippen LogP contribution in [0.2, 0.25) is 0 Å². The normalized spacial score (nSPS) is 28.3. The molecule has 0 aromatic heterocycles. The predicted molar refractivity (Wildman–Crippen MR) is 132 cm³/mol. The van der Waals surface area contributed by atoms with E-state index < -0.39 is 5.60 Å². The van der Waals surface area contributed by atoms with E-state index in [0.29, 0.717) is 25.6 Å². The zero-order valence-corrected chi connectivity index (χ0v) is 21.9. The first-order chi connectivity index (χ1) is 15.9. The number of piperidine rings is 1.